The predicted molar refractivity (Wildman–Crippen MR) is 49.9 cm³/mol. The van der Waals surface area contributed by atoms with Gasteiger partial charge in [-0.05, 0) is 25.2 Å². The van der Waals surface area contributed by atoms with Crippen molar-refractivity contribution in [3.8, 4) is 0 Å². The lowest BCUT2D eigenvalue weighted by atomic mass is 9.71. The Hall–Kier alpha value is -0.530. The number of carbonyl (C=O) groups is 1. The summed E-state index contributed by atoms with van der Waals surface area (Å²) in [5.74, 6) is 0. The summed E-state index contributed by atoms with van der Waals surface area (Å²) >= 11 is 0. The van der Waals surface area contributed by atoms with Gasteiger partial charge in [-0.3, -0.25) is 4.79 Å². The van der Waals surface area contributed by atoms with Crippen molar-refractivity contribution in [1.29, 1.82) is 0 Å². The molecule has 0 aliphatic heterocycles. The molecule has 1 N–H and O–H groups in total. The highest BCUT2D eigenvalue weighted by Crippen LogP contribution is 2.38. The van der Waals surface area contributed by atoms with Crippen molar-refractivity contribution in [3.05, 3.63) is 0 Å². The largest absolute Gasteiger partial charge is 0.356 e. The Kier molecular flexibility index (Phi) is 3.12. The minimum absolute atomic E-state index is 0.329. The van der Waals surface area contributed by atoms with Gasteiger partial charge in [0.05, 0.1) is 0 Å². The molecular formula is C10H19NO. The molecule has 1 unspecified atom stereocenters. The molecule has 2 heteroatoms. The van der Waals surface area contributed by atoms with E-state index in [1.165, 1.54) is 32.1 Å². The first-order valence-corrected chi connectivity index (χ1v) is 4.89. The van der Waals surface area contributed by atoms with Crippen LogP contribution in [0.4, 0.5) is 0 Å². The highest BCUT2D eigenvalue weighted by atomic mass is 16.1. The quantitative estimate of drug-likeness (QED) is 0.644. The van der Waals surface area contributed by atoms with Crippen LogP contribution in [0.5, 0.6) is 0 Å². The molecule has 12 heavy (non-hydrogen) atoms. The Bertz CT molecular complexity index is 150. The van der Waals surface area contributed by atoms with Crippen LogP contribution in [0.1, 0.15) is 46.0 Å². The smallest absolute Gasteiger partial charge is 0.207 e. The summed E-state index contributed by atoms with van der Waals surface area (Å²) in [6, 6.07) is 0.329. The molecule has 1 saturated carbocycles. The molecule has 0 radical (unpaired) electrons. The first kappa shape index (κ1) is 9.56. The first-order valence-electron chi connectivity index (χ1n) is 4.89. The zero-order chi connectivity index (χ0) is 9.03. The van der Waals surface area contributed by atoms with Gasteiger partial charge in [0.25, 0.3) is 0 Å². The van der Waals surface area contributed by atoms with Gasteiger partial charge in [-0.2, -0.15) is 0 Å². The second-order valence-corrected chi connectivity index (χ2v) is 4.22. The zero-order valence-electron chi connectivity index (χ0n) is 8.10. The first-order chi connectivity index (χ1) is 5.69. The summed E-state index contributed by atoms with van der Waals surface area (Å²) in [5, 5.41) is 2.88. The molecule has 0 aromatic heterocycles. The van der Waals surface area contributed by atoms with E-state index < -0.39 is 0 Å². The fourth-order valence-corrected chi connectivity index (χ4v) is 2.10. The lowest BCUT2D eigenvalue weighted by Crippen LogP contribution is -2.41. The summed E-state index contributed by atoms with van der Waals surface area (Å²) in [7, 11) is 0. The highest BCUT2D eigenvalue weighted by molar-refractivity contribution is 5.46. The van der Waals surface area contributed by atoms with E-state index in [2.05, 4.69) is 19.2 Å². The minimum Gasteiger partial charge on any atom is -0.356 e. The normalized spacial score (nSPS) is 24.5. The second-order valence-electron chi connectivity index (χ2n) is 4.22. The van der Waals surface area contributed by atoms with Crippen LogP contribution in [0.2, 0.25) is 0 Å². The SMILES string of the molecule is CC(NC=O)C1(C)CCCCC1. The molecule has 1 rings (SSSR count). The van der Waals surface area contributed by atoms with Gasteiger partial charge < -0.3 is 5.32 Å². The van der Waals surface area contributed by atoms with Gasteiger partial charge in [-0.15, -0.1) is 0 Å². The average Bonchev–Trinajstić information content (AvgIpc) is 2.06. The molecule has 0 aromatic rings. The van der Waals surface area contributed by atoms with E-state index in [-0.39, 0.29) is 0 Å². The summed E-state index contributed by atoms with van der Waals surface area (Å²) in [6.45, 7) is 4.40. The molecule has 0 saturated heterocycles. The van der Waals surface area contributed by atoms with E-state index in [0.717, 1.165) is 6.41 Å². The van der Waals surface area contributed by atoms with Crippen molar-refractivity contribution in [1.82, 2.24) is 5.32 Å². The molecule has 70 valence electrons. The third-order valence-corrected chi connectivity index (χ3v) is 3.36. The molecular weight excluding hydrogens is 150 g/mol. The maximum Gasteiger partial charge on any atom is 0.207 e. The molecule has 1 atom stereocenters. The van der Waals surface area contributed by atoms with E-state index >= 15 is 0 Å². The molecule has 1 aliphatic carbocycles. The van der Waals surface area contributed by atoms with Gasteiger partial charge in [0.1, 0.15) is 0 Å². The van der Waals surface area contributed by atoms with Crippen LogP contribution in [-0.2, 0) is 4.79 Å². The molecule has 2 nitrogen and oxygen atoms in total. The van der Waals surface area contributed by atoms with E-state index in [9.17, 15) is 4.79 Å². The van der Waals surface area contributed by atoms with Crippen molar-refractivity contribution in [2.24, 2.45) is 5.41 Å². The molecule has 1 amide bonds. The number of amides is 1. The van der Waals surface area contributed by atoms with Crippen LogP contribution in [0, 0.1) is 5.41 Å². The minimum atomic E-state index is 0.329. The Balaban J connectivity index is 2.49. The zero-order valence-corrected chi connectivity index (χ0v) is 8.10. The van der Waals surface area contributed by atoms with Gasteiger partial charge in [0.15, 0.2) is 0 Å². The average molecular weight is 169 g/mol. The predicted octanol–water partition coefficient (Wildman–Crippen LogP) is 2.09. The molecule has 0 bridgehead atoms. The number of nitrogens with one attached hydrogen (secondary N) is 1. The molecule has 0 spiro atoms. The summed E-state index contributed by atoms with van der Waals surface area (Å²) in [6.07, 6.45) is 7.35. The maximum atomic E-state index is 10.3. The Morgan fingerprint density at radius 3 is 2.42 bits per heavy atom. The fraction of sp³-hybridized carbons (Fsp3) is 0.900. The number of rotatable bonds is 3. The van der Waals surface area contributed by atoms with Gasteiger partial charge in [0, 0.05) is 6.04 Å². The third-order valence-electron chi connectivity index (χ3n) is 3.36. The van der Waals surface area contributed by atoms with Gasteiger partial charge in [-0.25, -0.2) is 0 Å². The standard InChI is InChI=1S/C10H19NO/c1-9(11-8-12)10(2)6-4-3-5-7-10/h8-9H,3-7H2,1-2H3,(H,11,12). The summed E-state index contributed by atoms with van der Waals surface area (Å²) < 4.78 is 0. The highest BCUT2D eigenvalue weighted by Gasteiger charge is 2.32. The topological polar surface area (TPSA) is 29.1 Å². The number of hydrogen-bond acceptors (Lipinski definition) is 1. The van der Waals surface area contributed by atoms with Crippen LogP contribution >= 0.6 is 0 Å². The Morgan fingerprint density at radius 2 is 1.92 bits per heavy atom. The fourth-order valence-electron chi connectivity index (χ4n) is 2.10. The van der Waals surface area contributed by atoms with Crippen molar-refractivity contribution in [2.75, 3.05) is 0 Å². The third kappa shape index (κ3) is 1.99. The van der Waals surface area contributed by atoms with E-state index in [0.29, 0.717) is 11.5 Å². The van der Waals surface area contributed by atoms with E-state index in [4.69, 9.17) is 0 Å². The van der Waals surface area contributed by atoms with E-state index in [1.54, 1.807) is 0 Å². The van der Waals surface area contributed by atoms with Gasteiger partial charge >= 0.3 is 0 Å². The lowest BCUT2D eigenvalue weighted by molar-refractivity contribution is -0.111. The maximum absolute atomic E-state index is 10.3. The van der Waals surface area contributed by atoms with Crippen LogP contribution < -0.4 is 5.32 Å². The number of hydrogen-bond donors (Lipinski definition) is 1. The van der Waals surface area contributed by atoms with Gasteiger partial charge in [-0.1, -0.05) is 26.2 Å². The van der Waals surface area contributed by atoms with Crippen molar-refractivity contribution >= 4 is 6.41 Å². The van der Waals surface area contributed by atoms with Crippen molar-refractivity contribution in [2.45, 2.75) is 52.0 Å². The monoisotopic (exact) mass is 169 g/mol. The molecule has 1 aliphatic rings. The van der Waals surface area contributed by atoms with Crippen molar-refractivity contribution < 1.29 is 4.79 Å². The Labute approximate surface area is 74.7 Å². The van der Waals surface area contributed by atoms with Crippen LogP contribution in [-0.4, -0.2) is 12.5 Å². The summed E-state index contributed by atoms with van der Waals surface area (Å²) in [4.78, 5) is 10.3. The van der Waals surface area contributed by atoms with Gasteiger partial charge in [0.2, 0.25) is 6.41 Å². The van der Waals surface area contributed by atoms with Crippen LogP contribution in [0.3, 0.4) is 0 Å². The summed E-state index contributed by atoms with van der Waals surface area (Å²) in [5.41, 5.74) is 0.346. The van der Waals surface area contributed by atoms with E-state index in [1.807, 2.05) is 0 Å². The molecule has 0 aromatic carbocycles. The molecule has 1 fully saturated rings. The number of carbonyl (C=O) groups excluding carboxylic acids is 1. The Morgan fingerprint density at radius 1 is 1.33 bits per heavy atom. The van der Waals surface area contributed by atoms with Crippen LogP contribution in [0.25, 0.3) is 0 Å². The molecule has 0 heterocycles. The second kappa shape index (κ2) is 3.92. The lowest BCUT2D eigenvalue weighted by Gasteiger charge is -2.38. The van der Waals surface area contributed by atoms with Crippen LogP contribution in [0.15, 0.2) is 0 Å². The van der Waals surface area contributed by atoms with Crippen molar-refractivity contribution in [3.63, 3.8) is 0 Å².